The maximum atomic E-state index is 15.3. The van der Waals surface area contributed by atoms with Gasteiger partial charge in [0.05, 0.1) is 27.4 Å². The van der Waals surface area contributed by atoms with E-state index in [0.717, 1.165) is 64.1 Å². The highest BCUT2D eigenvalue weighted by molar-refractivity contribution is 5.95. The van der Waals surface area contributed by atoms with Gasteiger partial charge < -0.3 is 33.9 Å². The highest BCUT2D eigenvalue weighted by Gasteiger charge is 2.77. The fourth-order valence-electron chi connectivity index (χ4n) is 12.8. The van der Waals surface area contributed by atoms with Crippen molar-refractivity contribution >= 4 is 40.6 Å². The fraction of sp³-hybridized carbons (Fsp3) is 0.511. The van der Waals surface area contributed by atoms with Crippen LogP contribution in [-0.2, 0) is 46.0 Å². The molecule has 12 heteroatoms. The molecule has 12 nitrogen and oxygen atoms in total. The zero-order chi connectivity index (χ0) is 41.8. The summed E-state index contributed by atoms with van der Waals surface area (Å²) in [6, 6.07) is 9.18. The van der Waals surface area contributed by atoms with E-state index >= 15 is 4.79 Å². The summed E-state index contributed by atoms with van der Waals surface area (Å²) in [6.45, 7) is 13.2. The van der Waals surface area contributed by atoms with E-state index in [1.165, 1.54) is 26.7 Å². The van der Waals surface area contributed by atoms with Gasteiger partial charge in [-0.2, -0.15) is 0 Å². The SMILES string of the molecule is C=Cc1ccc2[nH]c3c(c2c1)CN1CC(CC)=C[C@@H](C1)C[C@]3(C(=O)OC)c1cc2c(cc1OC)N(C)[C@H]1[C@@](O)(C(=O)OC)[C@H](OC(C)=O)C3C(CC)=CCN4CC[C@]21[C@H]34. The molecule has 1 saturated carbocycles. The van der Waals surface area contributed by atoms with Crippen molar-refractivity contribution in [1.82, 2.24) is 14.8 Å². The molecule has 2 bridgehead atoms. The number of carbonyl (C=O) groups excluding carboxylic acids is 3. The summed E-state index contributed by atoms with van der Waals surface area (Å²) in [7, 11) is 6.22. The molecule has 0 amide bonds. The molecule has 0 radical (unpaired) electrons. The summed E-state index contributed by atoms with van der Waals surface area (Å²) >= 11 is 0. The van der Waals surface area contributed by atoms with Crippen molar-refractivity contribution in [3.63, 3.8) is 0 Å². The molecule has 59 heavy (non-hydrogen) atoms. The van der Waals surface area contributed by atoms with Crippen LogP contribution < -0.4 is 9.64 Å². The number of aromatic nitrogens is 1. The quantitative estimate of drug-likeness (QED) is 0.173. The van der Waals surface area contributed by atoms with Crippen LogP contribution >= 0.6 is 0 Å². The third-order valence-electron chi connectivity index (χ3n) is 14.9. The van der Waals surface area contributed by atoms with Crippen molar-refractivity contribution in [3.8, 4) is 5.75 Å². The summed E-state index contributed by atoms with van der Waals surface area (Å²) in [6.07, 6.45) is 7.72. The molecule has 6 aliphatic rings. The molecule has 9 atom stereocenters. The molecule has 9 rings (SSSR count). The molecule has 6 heterocycles. The molecule has 2 aromatic carbocycles. The van der Waals surface area contributed by atoms with E-state index < -0.39 is 52.4 Å². The molecule has 2 N–H and O–H groups in total. The molecular formula is C47H56N4O8. The van der Waals surface area contributed by atoms with Gasteiger partial charge in [-0.1, -0.05) is 55.9 Å². The number of hydrogen-bond donors (Lipinski definition) is 2. The lowest BCUT2D eigenvalue weighted by Gasteiger charge is -2.59. The second-order valence-corrected chi connectivity index (χ2v) is 17.5. The summed E-state index contributed by atoms with van der Waals surface area (Å²) in [5, 5.41) is 14.3. The summed E-state index contributed by atoms with van der Waals surface area (Å²) in [4.78, 5) is 53.2. The summed E-state index contributed by atoms with van der Waals surface area (Å²) < 4.78 is 23.9. The number of H-pyrrole nitrogens is 1. The van der Waals surface area contributed by atoms with Gasteiger partial charge in [-0.25, -0.2) is 4.79 Å². The van der Waals surface area contributed by atoms with E-state index in [1.807, 2.05) is 30.2 Å². The van der Waals surface area contributed by atoms with Gasteiger partial charge in [0, 0.05) is 91.4 Å². The topological polar surface area (TPSA) is 134 Å². The third kappa shape index (κ3) is 5.27. The van der Waals surface area contributed by atoms with Crippen molar-refractivity contribution < 1.29 is 38.4 Å². The van der Waals surface area contributed by atoms with Crippen LogP contribution in [0.4, 0.5) is 5.69 Å². The summed E-state index contributed by atoms with van der Waals surface area (Å²) in [5.74, 6) is -1.85. The highest BCUT2D eigenvalue weighted by atomic mass is 16.6. The van der Waals surface area contributed by atoms with Gasteiger partial charge in [0.25, 0.3) is 0 Å². The van der Waals surface area contributed by atoms with Gasteiger partial charge in [0.1, 0.15) is 11.2 Å². The number of ether oxygens (including phenoxy) is 4. The minimum absolute atomic E-state index is 0.0122. The van der Waals surface area contributed by atoms with E-state index in [4.69, 9.17) is 18.9 Å². The molecule has 1 saturated heterocycles. The Morgan fingerprint density at radius 1 is 1.03 bits per heavy atom. The Morgan fingerprint density at radius 2 is 1.81 bits per heavy atom. The average molecular weight is 805 g/mol. The first kappa shape index (κ1) is 39.5. The lowest BCUT2D eigenvalue weighted by atomic mass is 9.52. The first-order valence-corrected chi connectivity index (χ1v) is 21.0. The molecule has 1 spiro atoms. The smallest absolute Gasteiger partial charge is 0.344 e. The maximum absolute atomic E-state index is 15.3. The van der Waals surface area contributed by atoms with E-state index in [2.05, 4.69) is 65.6 Å². The lowest BCUT2D eigenvalue weighted by molar-refractivity contribution is -0.212. The van der Waals surface area contributed by atoms with Gasteiger partial charge >= 0.3 is 17.9 Å². The number of methoxy groups -OCH3 is 3. The molecule has 2 unspecified atom stereocenters. The van der Waals surface area contributed by atoms with Crippen LogP contribution in [0.15, 0.2) is 60.2 Å². The Kier molecular flexibility index (Phi) is 9.45. The van der Waals surface area contributed by atoms with E-state index in [9.17, 15) is 14.7 Å². The zero-order valence-electron chi connectivity index (χ0n) is 35.2. The standard InChI is InChI=1S/C47H56N4O8/c1-9-27-12-13-35-31(19-27)32-25-50-23-28(10-2)18-29(24-50)22-46(39(32)48-35,43(53)57-7)34-20-33-36(21-37(34)56-6)49(5)42-45(33)15-17-51-16-14-30(11-3)38(40(45)51)41(59-26(4)52)47(42,55)44(54)58-8/h9,12-14,18-21,29,38,40-42,48,55H,1,10-11,15-17,22-25H2,2-8H3/t29-,38?,40+,41-,42-,45-,46+,47-/m1/s1. The average Bonchev–Trinajstić information content (AvgIpc) is 3.88. The number of fused-ring (bicyclic) bond motifs is 6. The molecule has 2 fully saturated rings. The Labute approximate surface area is 345 Å². The summed E-state index contributed by atoms with van der Waals surface area (Å²) in [5.41, 5.74) is 3.91. The molecule has 5 aliphatic heterocycles. The van der Waals surface area contributed by atoms with Crippen molar-refractivity contribution in [2.45, 2.75) is 87.6 Å². The van der Waals surface area contributed by atoms with Crippen LogP contribution in [0.3, 0.4) is 0 Å². The number of benzene rings is 2. The largest absolute Gasteiger partial charge is 0.496 e. The second kappa shape index (κ2) is 14.1. The first-order valence-electron chi connectivity index (χ1n) is 21.0. The Hall–Kier alpha value is -4.91. The zero-order valence-corrected chi connectivity index (χ0v) is 35.2. The van der Waals surface area contributed by atoms with Crippen LogP contribution in [0, 0.1) is 11.8 Å². The van der Waals surface area contributed by atoms with E-state index in [-0.39, 0.29) is 12.0 Å². The number of carbonyl (C=O) groups is 3. The van der Waals surface area contributed by atoms with Gasteiger partial charge in [0.2, 0.25) is 5.60 Å². The Morgan fingerprint density at radius 3 is 2.49 bits per heavy atom. The van der Waals surface area contributed by atoms with Crippen LogP contribution in [0.5, 0.6) is 5.75 Å². The van der Waals surface area contributed by atoms with E-state index in [1.54, 1.807) is 7.11 Å². The van der Waals surface area contributed by atoms with Crippen LogP contribution in [0.2, 0.25) is 0 Å². The number of likely N-dealkylation sites (N-methyl/N-ethyl adjacent to an activating group) is 1. The van der Waals surface area contributed by atoms with Crippen LogP contribution in [-0.4, -0.2) is 116 Å². The highest BCUT2D eigenvalue weighted by Crippen LogP contribution is 2.65. The molecule has 1 aliphatic carbocycles. The number of esters is 3. The lowest BCUT2D eigenvalue weighted by Crippen LogP contribution is -2.78. The van der Waals surface area contributed by atoms with Crippen LogP contribution in [0.1, 0.15) is 74.4 Å². The second-order valence-electron chi connectivity index (χ2n) is 17.5. The Bertz CT molecular complexity index is 2350. The molecule has 1 aromatic heterocycles. The number of aliphatic hydroxyl groups is 1. The van der Waals surface area contributed by atoms with Crippen molar-refractivity contribution in [2.24, 2.45) is 11.8 Å². The number of rotatable bonds is 8. The monoisotopic (exact) mass is 804 g/mol. The van der Waals surface area contributed by atoms with Gasteiger partial charge in [-0.05, 0) is 73.0 Å². The third-order valence-corrected chi connectivity index (χ3v) is 14.9. The molecule has 3 aromatic rings. The fourth-order valence-corrected chi connectivity index (χ4v) is 12.8. The van der Waals surface area contributed by atoms with Gasteiger partial charge in [0.15, 0.2) is 6.10 Å². The van der Waals surface area contributed by atoms with Crippen molar-refractivity contribution in [2.75, 3.05) is 59.5 Å². The van der Waals surface area contributed by atoms with Gasteiger partial charge in [-0.15, -0.1) is 0 Å². The maximum Gasteiger partial charge on any atom is 0.344 e. The van der Waals surface area contributed by atoms with Crippen molar-refractivity contribution in [3.05, 3.63) is 88.2 Å². The van der Waals surface area contributed by atoms with Crippen molar-refractivity contribution in [1.29, 1.82) is 0 Å². The molecular weight excluding hydrogens is 749 g/mol. The molecule has 312 valence electrons. The number of hydrogen-bond acceptors (Lipinski definition) is 11. The van der Waals surface area contributed by atoms with Gasteiger partial charge in [-0.3, -0.25) is 19.4 Å². The predicted octanol–water partition coefficient (Wildman–Crippen LogP) is 5.40. The van der Waals surface area contributed by atoms with E-state index in [0.29, 0.717) is 50.2 Å². The number of anilines is 1. The minimum Gasteiger partial charge on any atom is -0.496 e. The normalized spacial score (nSPS) is 33.0. The predicted molar refractivity (Wildman–Crippen MR) is 224 cm³/mol. The minimum atomic E-state index is -2.26. The first-order chi connectivity index (χ1) is 28.3. The number of nitrogens with one attached hydrogen (secondary N) is 1. The Balaban J connectivity index is 1.36. The number of nitrogens with zero attached hydrogens (tertiary/aromatic N) is 3. The van der Waals surface area contributed by atoms with Crippen LogP contribution in [0.25, 0.3) is 17.0 Å². The number of aromatic amines is 1.